The van der Waals surface area contributed by atoms with Crippen molar-refractivity contribution in [3.05, 3.63) is 48.6 Å². The highest BCUT2D eigenvalue weighted by atomic mass is 16.6. The summed E-state index contributed by atoms with van der Waals surface area (Å²) in [5.41, 5.74) is 1.28. The summed E-state index contributed by atoms with van der Waals surface area (Å²) in [6, 6.07) is 10.1. The lowest BCUT2D eigenvalue weighted by Crippen LogP contribution is -2.43. The van der Waals surface area contributed by atoms with Gasteiger partial charge in [0, 0.05) is 5.92 Å². The summed E-state index contributed by atoms with van der Waals surface area (Å²) in [4.78, 5) is 26.3. The fourth-order valence-corrected chi connectivity index (χ4v) is 3.76. The average Bonchev–Trinajstić information content (AvgIpc) is 3.16. The van der Waals surface area contributed by atoms with Gasteiger partial charge in [0.05, 0.1) is 6.04 Å². The van der Waals surface area contributed by atoms with Gasteiger partial charge in [0.15, 0.2) is 0 Å². The number of nitrogens with zero attached hydrogens (tertiary/aromatic N) is 1. The van der Waals surface area contributed by atoms with Gasteiger partial charge in [0.2, 0.25) is 5.91 Å². The van der Waals surface area contributed by atoms with Crippen LogP contribution in [0.25, 0.3) is 0 Å². The van der Waals surface area contributed by atoms with E-state index in [1.807, 2.05) is 38.1 Å². The van der Waals surface area contributed by atoms with E-state index < -0.39 is 6.09 Å². The van der Waals surface area contributed by atoms with Crippen LogP contribution in [-0.4, -0.2) is 29.5 Å². The number of benzene rings is 1. The summed E-state index contributed by atoms with van der Waals surface area (Å²) in [5, 5.41) is 0. The lowest BCUT2D eigenvalue weighted by molar-refractivity contribution is -0.131. The fourth-order valence-electron chi connectivity index (χ4n) is 3.76. The molecule has 4 atom stereocenters. The van der Waals surface area contributed by atoms with Crippen LogP contribution < -0.4 is 0 Å². The van der Waals surface area contributed by atoms with Crippen LogP contribution in [-0.2, 0) is 16.0 Å². The number of imide groups is 1. The van der Waals surface area contributed by atoms with Gasteiger partial charge in [-0.1, -0.05) is 50.3 Å². The van der Waals surface area contributed by atoms with Crippen molar-refractivity contribution in [1.29, 1.82) is 0 Å². The molecule has 0 N–H and O–H groups in total. The number of ether oxygens (including phenoxy) is 1. The predicted molar refractivity (Wildman–Crippen MR) is 92.3 cm³/mol. The summed E-state index contributed by atoms with van der Waals surface area (Å²) >= 11 is 0. The van der Waals surface area contributed by atoms with Crippen molar-refractivity contribution < 1.29 is 14.3 Å². The van der Waals surface area contributed by atoms with Gasteiger partial charge in [-0.2, -0.15) is 0 Å². The predicted octanol–water partition coefficient (Wildman–Crippen LogP) is 3.67. The molecule has 1 aliphatic carbocycles. The zero-order valence-electron chi connectivity index (χ0n) is 14.4. The Labute approximate surface area is 143 Å². The third-order valence-electron chi connectivity index (χ3n) is 5.31. The van der Waals surface area contributed by atoms with Crippen molar-refractivity contribution in [3.8, 4) is 0 Å². The number of amides is 2. The highest BCUT2D eigenvalue weighted by Gasteiger charge is 2.56. The molecule has 1 heterocycles. The molecule has 1 aromatic rings. The molecule has 2 fully saturated rings. The molecule has 0 radical (unpaired) electrons. The minimum absolute atomic E-state index is 0.0841. The Bertz CT molecular complexity index is 625. The van der Waals surface area contributed by atoms with Crippen molar-refractivity contribution in [2.24, 2.45) is 23.7 Å². The van der Waals surface area contributed by atoms with Crippen molar-refractivity contribution >= 4 is 12.0 Å². The molecule has 2 aliphatic rings. The zero-order valence-corrected chi connectivity index (χ0v) is 14.4. The first-order valence-electron chi connectivity index (χ1n) is 8.71. The van der Waals surface area contributed by atoms with E-state index >= 15 is 0 Å². The molecule has 2 amide bonds. The number of allylic oxidation sites excluding steroid dienone is 1. The lowest BCUT2D eigenvalue weighted by Gasteiger charge is -2.22. The molecule has 0 spiro atoms. The maximum Gasteiger partial charge on any atom is 0.416 e. The van der Waals surface area contributed by atoms with Crippen LogP contribution in [0, 0.1) is 23.7 Å². The van der Waals surface area contributed by atoms with Gasteiger partial charge in [0.25, 0.3) is 0 Å². The number of rotatable bonds is 6. The smallest absolute Gasteiger partial charge is 0.416 e. The van der Waals surface area contributed by atoms with Crippen LogP contribution in [0.5, 0.6) is 0 Å². The van der Waals surface area contributed by atoms with E-state index in [4.69, 9.17) is 4.74 Å². The van der Waals surface area contributed by atoms with E-state index in [9.17, 15) is 9.59 Å². The monoisotopic (exact) mass is 327 g/mol. The Morgan fingerprint density at radius 2 is 2.08 bits per heavy atom. The van der Waals surface area contributed by atoms with E-state index in [0.29, 0.717) is 6.61 Å². The number of hydrogen-bond acceptors (Lipinski definition) is 3. The molecular weight excluding hydrogens is 302 g/mol. The standard InChI is InChI=1S/C20H25NO3/c1-4-15-16(11-10-14-8-6-5-7-9-14)18(15)19(22)21-17(13(2)3)12-24-20(21)23/h4-9,13,15-18H,1,10-12H2,2-3H3/t15-,16-,17-,18+/m1/s1. The average molecular weight is 327 g/mol. The van der Waals surface area contributed by atoms with Gasteiger partial charge in [-0.05, 0) is 36.2 Å². The van der Waals surface area contributed by atoms with Crippen molar-refractivity contribution in [3.63, 3.8) is 0 Å². The van der Waals surface area contributed by atoms with Crippen molar-refractivity contribution in [1.82, 2.24) is 4.90 Å². The Morgan fingerprint density at radius 1 is 1.38 bits per heavy atom. The van der Waals surface area contributed by atoms with Gasteiger partial charge >= 0.3 is 6.09 Å². The van der Waals surface area contributed by atoms with Gasteiger partial charge < -0.3 is 4.74 Å². The Hall–Kier alpha value is -2.10. The number of hydrogen-bond donors (Lipinski definition) is 0. The fraction of sp³-hybridized carbons (Fsp3) is 0.500. The molecule has 0 aromatic heterocycles. The van der Waals surface area contributed by atoms with Crippen LogP contribution in [0.15, 0.2) is 43.0 Å². The second-order valence-electron chi connectivity index (χ2n) is 7.12. The number of aryl methyl sites for hydroxylation is 1. The maximum absolute atomic E-state index is 12.9. The van der Waals surface area contributed by atoms with Gasteiger partial charge in [-0.3, -0.25) is 4.79 Å². The number of carbonyl (C=O) groups is 2. The van der Waals surface area contributed by atoms with Crippen LogP contribution in [0.2, 0.25) is 0 Å². The van der Waals surface area contributed by atoms with Crippen molar-refractivity contribution in [2.45, 2.75) is 32.7 Å². The molecule has 24 heavy (non-hydrogen) atoms. The van der Waals surface area contributed by atoms with E-state index in [0.717, 1.165) is 12.8 Å². The van der Waals surface area contributed by atoms with Gasteiger partial charge in [0.1, 0.15) is 6.61 Å². The quantitative estimate of drug-likeness (QED) is 0.749. The van der Waals surface area contributed by atoms with E-state index in [1.54, 1.807) is 0 Å². The largest absolute Gasteiger partial charge is 0.447 e. The topological polar surface area (TPSA) is 46.6 Å². The van der Waals surface area contributed by atoms with Gasteiger partial charge in [-0.15, -0.1) is 6.58 Å². The van der Waals surface area contributed by atoms with Crippen LogP contribution in [0.1, 0.15) is 25.8 Å². The minimum atomic E-state index is -0.491. The molecule has 0 unspecified atom stereocenters. The highest BCUT2D eigenvalue weighted by Crippen LogP contribution is 2.51. The molecule has 128 valence electrons. The second-order valence-corrected chi connectivity index (χ2v) is 7.12. The summed E-state index contributed by atoms with van der Waals surface area (Å²) in [6.45, 7) is 8.20. The number of cyclic esters (lactones) is 1. The van der Waals surface area contributed by atoms with E-state index in [-0.39, 0.29) is 35.6 Å². The molecule has 1 saturated heterocycles. The summed E-state index contributed by atoms with van der Waals surface area (Å²) in [6.07, 6.45) is 3.25. The minimum Gasteiger partial charge on any atom is -0.447 e. The Kier molecular flexibility index (Phi) is 4.74. The first-order valence-corrected chi connectivity index (χ1v) is 8.71. The highest BCUT2D eigenvalue weighted by molar-refractivity contribution is 5.96. The summed E-state index contributed by atoms with van der Waals surface area (Å²) in [5.74, 6) is 0.431. The van der Waals surface area contributed by atoms with E-state index in [1.165, 1.54) is 10.5 Å². The Morgan fingerprint density at radius 3 is 2.71 bits per heavy atom. The molecule has 4 heteroatoms. The molecule has 4 nitrogen and oxygen atoms in total. The van der Waals surface area contributed by atoms with Crippen LogP contribution in [0.4, 0.5) is 4.79 Å². The first kappa shape index (κ1) is 16.7. The molecule has 0 bridgehead atoms. The molecule has 1 saturated carbocycles. The summed E-state index contributed by atoms with van der Waals surface area (Å²) < 4.78 is 5.11. The van der Waals surface area contributed by atoms with Crippen LogP contribution >= 0.6 is 0 Å². The van der Waals surface area contributed by atoms with Crippen LogP contribution in [0.3, 0.4) is 0 Å². The van der Waals surface area contributed by atoms with Gasteiger partial charge in [-0.25, -0.2) is 9.69 Å². The zero-order chi connectivity index (χ0) is 17.3. The SMILES string of the molecule is C=C[C@@H]1[C@@H](CCc2ccccc2)[C@H]1C(=O)N1C(=O)OC[C@@H]1C(C)C. The molecule has 3 rings (SSSR count). The second kappa shape index (κ2) is 6.80. The third kappa shape index (κ3) is 3.10. The van der Waals surface area contributed by atoms with Crippen molar-refractivity contribution in [2.75, 3.05) is 6.61 Å². The normalized spacial score (nSPS) is 28.8. The first-order chi connectivity index (χ1) is 11.5. The Balaban J connectivity index is 1.66. The molecule has 1 aromatic carbocycles. The van der Waals surface area contributed by atoms with E-state index in [2.05, 4.69) is 18.7 Å². The maximum atomic E-state index is 12.9. The lowest BCUT2D eigenvalue weighted by atomic mass is 10.0. The molecule has 1 aliphatic heterocycles. The number of carbonyl (C=O) groups excluding carboxylic acids is 2. The summed E-state index contributed by atoms with van der Waals surface area (Å²) in [7, 11) is 0. The molecular formula is C20H25NO3. The third-order valence-corrected chi connectivity index (χ3v) is 5.31.